The van der Waals surface area contributed by atoms with Crippen LogP contribution in [0.5, 0.6) is 5.75 Å². The van der Waals surface area contributed by atoms with Gasteiger partial charge in [-0.05, 0) is 43.5 Å². The molecule has 7 nitrogen and oxygen atoms in total. The average Bonchev–Trinajstić information content (AvgIpc) is 3.26. The molecule has 1 fully saturated rings. The highest BCUT2D eigenvalue weighted by Gasteiger charge is 2.31. The van der Waals surface area contributed by atoms with E-state index in [1.54, 1.807) is 25.1 Å². The molecule has 1 aromatic heterocycles. The third kappa shape index (κ3) is 5.80. The number of hydrogen-bond acceptors (Lipinski definition) is 5. The van der Waals surface area contributed by atoms with Gasteiger partial charge in [0.2, 0.25) is 0 Å². The summed E-state index contributed by atoms with van der Waals surface area (Å²) in [7, 11) is 0. The predicted octanol–water partition coefficient (Wildman–Crippen LogP) is 3.21. The van der Waals surface area contributed by atoms with Gasteiger partial charge >= 0.3 is 12.4 Å². The van der Waals surface area contributed by atoms with E-state index >= 15 is 0 Å². The number of urea groups is 1. The molecule has 2 heterocycles. The van der Waals surface area contributed by atoms with Crippen LogP contribution in [0, 0.1) is 12.8 Å². The Morgan fingerprint density at radius 1 is 1.32 bits per heavy atom. The van der Waals surface area contributed by atoms with Crippen LogP contribution in [0.2, 0.25) is 0 Å². The molecule has 0 spiro atoms. The number of carbonyl (C=O) groups is 1. The molecule has 3 rings (SSSR count). The number of rotatable bonds is 6. The molecular formula is C18H21F3N4O3. The van der Waals surface area contributed by atoms with Crippen LogP contribution in [0.3, 0.4) is 0 Å². The number of anilines is 1. The highest BCUT2D eigenvalue weighted by atomic mass is 19.4. The van der Waals surface area contributed by atoms with Crippen LogP contribution < -0.4 is 20.3 Å². The minimum atomic E-state index is -4.70. The summed E-state index contributed by atoms with van der Waals surface area (Å²) >= 11 is 0. The summed E-state index contributed by atoms with van der Waals surface area (Å²) in [5.41, 5.74) is 1.57. The maximum atomic E-state index is 12.2. The third-order valence-corrected chi connectivity index (χ3v) is 4.37. The van der Waals surface area contributed by atoms with Gasteiger partial charge in [-0.15, -0.1) is 13.2 Å². The Morgan fingerprint density at radius 3 is 2.71 bits per heavy atom. The van der Waals surface area contributed by atoms with Crippen molar-refractivity contribution >= 4 is 11.7 Å². The third-order valence-electron chi connectivity index (χ3n) is 4.37. The lowest BCUT2D eigenvalue weighted by Gasteiger charge is -2.19. The Kier molecular flexibility index (Phi) is 5.96. The van der Waals surface area contributed by atoms with Gasteiger partial charge in [0.05, 0.1) is 12.2 Å². The highest BCUT2D eigenvalue weighted by molar-refractivity contribution is 5.73. The maximum absolute atomic E-state index is 12.2. The number of carbonyl (C=O) groups excluding carboxylic acids is 1. The van der Waals surface area contributed by atoms with Crippen molar-refractivity contribution in [3.63, 3.8) is 0 Å². The molecule has 1 aromatic carbocycles. The Hall–Kier alpha value is -2.91. The number of aryl methyl sites for hydroxylation is 1. The quantitative estimate of drug-likeness (QED) is 0.781. The highest BCUT2D eigenvalue weighted by Crippen LogP contribution is 2.28. The molecule has 0 aliphatic carbocycles. The summed E-state index contributed by atoms with van der Waals surface area (Å²) in [5, 5.41) is 9.27. The zero-order valence-corrected chi connectivity index (χ0v) is 15.3. The molecule has 0 saturated carbocycles. The molecule has 0 bridgehead atoms. The number of hydrogen-bond donors (Lipinski definition) is 2. The lowest BCUT2D eigenvalue weighted by molar-refractivity contribution is -0.274. The van der Waals surface area contributed by atoms with Gasteiger partial charge in [-0.1, -0.05) is 5.16 Å². The molecule has 28 heavy (non-hydrogen) atoms. The van der Waals surface area contributed by atoms with Crippen molar-refractivity contribution in [2.75, 3.05) is 24.5 Å². The van der Waals surface area contributed by atoms with E-state index in [0.29, 0.717) is 18.8 Å². The molecule has 2 aromatic rings. The monoisotopic (exact) mass is 398 g/mol. The number of benzene rings is 1. The Labute approximate surface area is 159 Å². The van der Waals surface area contributed by atoms with Crippen molar-refractivity contribution in [3.8, 4) is 5.75 Å². The zero-order valence-electron chi connectivity index (χ0n) is 15.3. The molecule has 2 N–H and O–H groups in total. The number of alkyl halides is 3. The summed E-state index contributed by atoms with van der Waals surface area (Å²) in [4.78, 5) is 13.9. The van der Waals surface area contributed by atoms with E-state index in [2.05, 4.69) is 25.4 Å². The molecule has 2 amide bonds. The van der Waals surface area contributed by atoms with Gasteiger partial charge in [-0.3, -0.25) is 0 Å². The summed E-state index contributed by atoms with van der Waals surface area (Å²) in [6.45, 7) is 4.05. The maximum Gasteiger partial charge on any atom is 0.573 e. The Morgan fingerprint density at radius 2 is 2.07 bits per heavy atom. The first-order valence-electron chi connectivity index (χ1n) is 8.83. The summed E-state index contributed by atoms with van der Waals surface area (Å²) in [6.07, 6.45) is -3.82. The van der Waals surface area contributed by atoms with Crippen molar-refractivity contribution in [3.05, 3.63) is 41.8 Å². The van der Waals surface area contributed by atoms with Gasteiger partial charge in [0.25, 0.3) is 0 Å². The molecular weight excluding hydrogens is 377 g/mol. The molecule has 152 valence electrons. The summed E-state index contributed by atoms with van der Waals surface area (Å²) in [6, 6.07) is 7.26. The Bertz CT molecular complexity index is 792. The predicted molar refractivity (Wildman–Crippen MR) is 94.9 cm³/mol. The van der Waals surface area contributed by atoms with Gasteiger partial charge in [0.15, 0.2) is 5.76 Å². The van der Waals surface area contributed by atoms with E-state index in [-0.39, 0.29) is 24.2 Å². The van der Waals surface area contributed by atoms with E-state index in [1.165, 1.54) is 12.1 Å². The number of aromatic nitrogens is 1. The van der Waals surface area contributed by atoms with Gasteiger partial charge in [-0.25, -0.2) is 4.79 Å². The minimum Gasteiger partial charge on any atom is -0.406 e. The van der Waals surface area contributed by atoms with Crippen LogP contribution >= 0.6 is 0 Å². The van der Waals surface area contributed by atoms with Crippen molar-refractivity contribution in [2.24, 2.45) is 5.92 Å². The Balaban J connectivity index is 1.40. The molecule has 0 unspecified atom stereocenters. The molecule has 1 aliphatic heterocycles. The first-order chi connectivity index (χ1) is 13.3. The van der Waals surface area contributed by atoms with Gasteiger partial charge in [0.1, 0.15) is 5.75 Å². The molecule has 1 saturated heterocycles. The van der Waals surface area contributed by atoms with E-state index in [9.17, 15) is 18.0 Å². The normalized spacial score (nSPS) is 16.9. The van der Waals surface area contributed by atoms with E-state index in [4.69, 9.17) is 4.52 Å². The number of nitrogens with one attached hydrogen (secondary N) is 2. The van der Waals surface area contributed by atoms with Crippen LogP contribution in [-0.2, 0) is 6.54 Å². The lowest BCUT2D eigenvalue weighted by Crippen LogP contribution is -2.38. The molecule has 1 aliphatic rings. The van der Waals surface area contributed by atoms with Gasteiger partial charge in [0, 0.05) is 31.4 Å². The fourth-order valence-electron chi connectivity index (χ4n) is 3.06. The average molecular weight is 398 g/mol. The van der Waals surface area contributed by atoms with Crippen LogP contribution in [0.25, 0.3) is 0 Å². The van der Waals surface area contributed by atoms with E-state index in [0.717, 1.165) is 24.3 Å². The van der Waals surface area contributed by atoms with Crippen molar-refractivity contribution in [1.82, 2.24) is 15.8 Å². The van der Waals surface area contributed by atoms with Crippen LogP contribution in [0.15, 0.2) is 34.9 Å². The smallest absolute Gasteiger partial charge is 0.406 e. The van der Waals surface area contributed by atoms with Crippen molar-refractivity contribution in [2.45, 2.75) is 26.3 Å². The summed E-state index contributed by atoms with van der Waals surface area (Å²) < 4.78 is 45.5. The first-order valence-corrected chi connectivity index (χ1v) is 8.83. The number of ether oxygens (including phenoxy) is 1. The lowest BCUT2D eigenvalue weighted by atomic mass is 10.1. The van der Waals surface area contributed by atoms with E-state index < -0.39 is 6.36 Å². The SMILES string of the molecule is Cc1cc(CNC(=O)NC[C@@H]2CCN(c3ccc(OC(F)(F)F)cc3)C2)on1. The van der Waals surface area contributed by atoms with Crippen LogP contribution in [0.4, 0.5) is 23.7 Å². The second-order valence-corrected chi connectivity index (χ2v) is 6.64. The molecule has 10 heteroatoms. The number of halogens is 3. The van der Waals surface area contributed by atoms with Crippen LogP contribution in [0.1, 0.15) is 17.9 Å². The second-order valence-electron chi connectivity index (χ2n) is 6.64. The minimum absolute atomic E-state index is 0.243. The van der Waals surface area contributed by atoms with E-state index in [1.807, 2.05) is 0 Å². The summed E-state index contributed by atoms with van der Waals surface area (Å²) in [5.74, 6) is 0.592. The van der Waals surface area contributed by atoms with Gasteiger partial charge in [-0.2, -0.15) is 0 Å². The first kappa shape index (κ1) is 19.8. The largest absolute Gasteiger partial charge is 0.573 e. The van der Waals surface area contributed by atoms with Crippen molar-refractivity contribution < 1.29 is 27.2 Å². The topological polar surface area (TPSA) is 79.6 Å². The van der Waals surface area contributed by atoms with Gasteiger partial charge < -0.3 is 24.8 Å². The van der Waals surface area contributed by atoms with Crippen LogP contribution in [-0.4, -0.2) is 37.2 Å². The number of amides is 2. The second kappa shape index (κ2) is 8.41. The molecule has 1 atom stereocenters. The number of nitrogens with zero attached hydrogens (tertiary/aromatic N) is 2. The molecule has 0 radical (unpaired) electrons. The van der Waals surface area contributed by atoms with Crippen molar-refractivity contribution in [1.29, 1.82) is 0 Å². The zero-order chi connectivity index (χ0) is 20.1. The standard InChI is InChI=1S/C18H21F3N4O3/c1-12-8-16(28-24-12)10-23-17(26)22-9-13-6-7-25(11-13)14-2-4-15(5-3-14)27-18(19,20)21/h2-5,8,13H,6-7,9-11H2,1H3,(H2,22,23,26)/t13-/m0/s1. The fourth-order valence-corrected chi connectivity index (χ4v) is 3.06. The fraction of sp³-hybridized carbons (Fsp3) is 0.444.